The van der Waals surface area contributed by atoms with Crippen molar-refractivity contribution in [1.29, 1.82) is 0 Å². The van der Waals surface area contributed by atoms with Crippen LogP contribution in [0.15, 0.2) is 113 Å². The van der Waals surface area contributed by atoms with E-state index < -0.39 is 29.3 Å². The maximum atomic E-state index is 13.7. The lowest BCUT2D eigenvalue weighted by molar-refractivity contribution is -0.132. The highest BCUT2D eigenvalue weighted by Crippen LogP contribution is 2.44. The Morgan fingerprint density at radius 3 is 2.48 bits per heavy atom. The highest BCUT2D eigenvalue weighted by Gasteiger charge is 2.48. The Kier molecular flexibility index (Phi) is 8.74. The zero-order valence-electron chi connectivity index (χ0n) is 22.9. The van der Waals surface area contributed by atoms with Crippen LogP contribution in [0.3, 0.4) is 0 Å². The van der Waals surface area contributed by atoms with Gasteiger partial charge in [0, 0.05) is 16.3 Å². The zero-order valence-corrected chi connectivity index (χ0v) is 25.3. The molecule has 1 atom stereocenters. The van der Waals surface area contributed by atoms with Crippen molar-refractivity contribution in [3.05, 3.63) is 142 Å². The van der Waals surface area contributed by atoms with Gasteiger partial charge in [-0.1, -0.05) is 95.4 Å². The largest absolute Gasteiger partial charge is 0.507 e. The minimum Gasteiger partial charge on any atom is -0.507 e. The third-order valence-electron chi connectivity index (χ3n) is 6.90. The van der Waals surface area contributed by atoms with Crippen LogP contribution in [-0.2, 0) is 21.9 Å². The summed E-state index contributed by atoms with van der Waals surface area (Å²) in [6.07, 6.45) is 0. The first kappa shape index (κ1) is 29.6. The van der Waals surface area contributed by atoms with Gasteiger partial charge in [-0.25, -0.2) is 4.39 Å². The minimum atomic E-state index is -1.05. The van der Waals surface area contributed by atoms with E-state index in [1.165, 1.54) is 40.9 Å². The molecular weight excluding hydrogens is 621 g/mol. The lowest BCUT2D eigenvalue weighted by atomic mass is 9.95. The van der Waals surface area contributed by atoms with Crippen molar-refractivity contribution in [2.24, 2.45) is 0 Å². The molecule has 6 rings (SSSR count). The summed E-state index contributed by atoms with van der Waals surface area (Å²) < 4.78 is 20.3. The number of aliphatic hydroxyl groups excluding tert-OH is 1. The molecule has 1 saturated heterocycles. The quantitative estimate of drug-likeness (QED) is 0.0575. The molecule has 0 spiro atoms. The standard InChI is InChI=1S/C33H23ClFN3O4S2/c34-26-12-5-4-9-23(26)19-43-33-37-36-32(44-33)38-28(22-10-6-11-25(17-22)42-18-20-7-2-1-3-8-20)27(30(40)31(38)41)29(39)21-13-15-24(35)16-14-21/h1-17,28,39H,18-19H2. The number of nitrogens with zero attached hydrogens (tertiary/aromatic N) is 3. The molecule has 1 N–H and O–H groups in total. The molecule has 0 bridgehead atoms. The topological polar surface area (TPSA) is 92.6 Å². The third-order valence-corrected chi connectivity index (χ3v) is 9.37. The van der Waals surface area contributed by atoms with Crippen molar-refractivity contribution in [2.75, 3.05) is 4.90 Å². The van der Waals surface area contributed by atoms with Gasteiger partial charge < -0.3 is 9.84 Å². The lowest BCUT2D eigenvalue weighted by Crippen LogP contribution is -2.29. The van der Waals surface area contributed by atoms with Crippen LogP contribution in [0.1, 0.15) is 28.3 Å². The number of benzene rings is 4. The van der Waals surface area contributed by atoms with Crippen LogP contribution in [0, 0.1) is 5.82 Å². The molecule has 2 heterocycles. The maximum Gasteiger partial charge on any atom is 0.301 e. The van der Waals surface area contributed by atoms with Crippen molar-refractivity contribution in [3.63, 3.8) is 0 Å². The Balaban J connectivity index is 1.37. The second-order valence-corrected chi connectivity index (χ2v) is 12.3. The van der Waals surface area contributed by atoms with Crippen LogP contribution in [0.2, 0.25) is 5.02 Å². The lowest BCUT2D eigenvalue weighted by Gasteiger charge is -2.23. The highest BCUT2D eigenvalue weighted by molar-refractivity contribution is 8.00. The Bertz CT molecular complexity index is 1860. The number of hydrogen-bond donors (Lipinski definition) is 1. The fourth-order valence-corrected chi connectivity index (χ4v) is 6.89. The Morgan fingerprint density at radius 2 is 1.70 bits per heavy atom. The summed E-state index contributed by atoms with van der Waals surface area (Å²) in [6.45, 7) is 0.308. The third kappa shape index (κ3) is 6.23. The van der Waals surface area contributed by atoms with Crippen LogP contribution < -0.4 is 9.64 Å². The van der Waals surface area contributed by atoms with Gasteiger partial charge in [0.1, 0.15) is 23.9 Å². The molecule has 4 aromatic carbocycles. The van der Waals surface area contributed by atoms with Gasteiger partial charge in [0.15, 0.2) is 4.34 Å². The highest BCUT2D eigenvalue weighted by atomic mass is 35.5. The van der Waals surface area contributed by atoms with Crippen LogP contribution in [-0.4, -0.2) is 27.0 Å². The van der Waals surface area contributed by atoms with Crippen molar-refractivity contribution in [1.82, 2.24) is 10.2 Å². The van der Waals surface area contributed by atoms with Gasteiger partial charge in [0.05, 0.1) is 11.6 Å². The van der Waals surface area contributed by atoms with Gasteiger partial charge in [0.25, 0.3) is 5.78 Å². The number of anilines is 1. The molecule has 0 aliphatic carbocycles. The molecule has 11 heteroatoms. The monoisotopic (exact) mass is 643 g/mol. The maximum absolute atomic E-state index is 13.7. The summed E-state index contributed by atoms with van der Waals surface area (Å²) in [5.74, 6) is -1.66. The number of amides is 1. The molecule has 7 nitrogen and oxygen atoms in total. The summed E-state index contributed by atoms with van der Waals surface area (Å²) in [7, 11) is 0. The number of carbonyl (C=O) groups is 2. The molecule has 1 aliphatic heterocycles. The number of halogens is 2. The molecule has 0 saturated carbocycles. The molecule has 1 fully saturated rings. The number of hydrogen-bond acceptors (Lipinski definition) is 8. The molecule has 5 aromatic rings. The van der Waals surface area contributed by atoms with E-state index in [1.54, 1.807) is 30.3 Å². The van der Waals surface area contributed by atoms with Crippen LogP contribution in [0.25, 0.3) is 5.76 Å². The van der Waals surface area contributed by atoms with Crippen molar-refractivity contribution >= 4 is 57.3 Å². The fraction of sp³-hybridized carbons (Fsp3) is 0.0909. The van der Waals surface area contributed by atoms with E-state index in [1.807, 2.05) is 48.5 Å². The molecule has 220 valence electrons. The first-order valence-electron chi connectivity index (χ1n) is 13.4. The Morgan fingerprint density at radius 1 is 0.955 bits per heavy atom. The number of aromatic nitrogens is 2. The van der Waals surface area contributed by atoms with Gasteiger partial charge in [-0.15, -0.1) is 10.2 Å². The number of Topliss-reactive ketones (excluding diaryl/α,β-unsaturated/α-hetero) is 1. The summed E-state index contributed by atoms with van der Waals surface area (Å²) in [5.41, 5.74) is 2.44. The zero-order chi connectivity index (χ0) is 30.6. The minimum absolute atomic E-state index is 0.151. The van der Waals surface area contributed by atoms with Gasteiger partial charge in [-0.05, 0) is 59.2 Å². The van der Waals surface area contributed by atoms with Crippen molar-refractivity contribution < 1.29 is 23.8 Å². The van der Waals surface area contributed by atoms with E-state index in [-0.39, 0.29) is 16.3 Å². The predicted molar refractivity (Wildman–Crippen MR) is 169 cm³/mol. The van der Waals surface area contributed by atoms with E-state index in [0.29, 0.717) is 33.0 Å². The second kappa shape index (κ2) is 13.0. The SMILES string of the molecule is O=C1C(=O)N(c2nnc(SCc3ccccc3Cl)s2)C(c2cccc(OCc3ccccc3)c2)C1=C(O)c1ccc(F)cc1. The van der Waals surface area contributed by atoms with Gasteiger partial charge in [-0.3, -0.25) is 14.5 Å². The fourth-order valence-electron chi connectivity index (χ4n) is 4.74. The van der Waals surface area contributed by atoms with Crippen LogP contribution in [0.5, 0.6) is 5.75 Å². The molecule has 1 aromatic heterocycles. The van der Waals surface area contributed by atoms with Gasteiger partial charge >= 0.3 is 5.91 Å². The van der Waals surface area contributed by atoms with E-state index >= 15 is 0 Å². The van der Waals surface area contributed by atoms with E-state index in [4.69, 9.17) is 16.3 Å². The number of ketones is 1. The molecule has 44 heavy (non-hydrogen) atoms. The van der Waals surface area contributed by atoms with Crippen molar-refractivity contribution in [2.45, 2.75) is 22.7 Å². The van der Waals surface area contributed by atoms with Gasteiger partial charge in [0.2, 0.25) is 5.13 Å². The summed E-state index contributed by atoms with van der Waals surface area (Å²) in [4.78, 5) is 28.3. The molecule has 0 radical (unpaired) electrons. The molecule has 1 aliphatic rings. The second-order valence-electron chi connectivity index (χ2n) is 9.75. The Labute approximate surface area is 265 Å². The van der Waals surface area contributed by atoms with Crippen molar-refractivity contribution in [3.8, 4) is 5.75 Å². The average Bonchev–Trinajstić information content (AvgIpc) is 3.62. The summed E-state index contributed by atoms with van der Waals surface area (Å²) >= 11 is 8.85. The number of carbonyl (C=O) groups excluding carboxylic acids is 2. The Hall–Kier alpha value is -4.51. The molecule has 1 unspecified atom stereocenters. The van der Waals surface area contributed by atoms with E-state index in [9.17, 15) is 19.1 Å². The first-order valence-corrected chi connectivity index (χ1v) is 15.6. The van der Waals surface area contributed by atoms with E-state index in [2.05, 4.69) is 10.2 Å². The summed E-state index contributed by atoms with van der Waals surface area (Å²) in [6, 6.07) is 28.1. The number of rotatable bonds is 9. The number of thioether (sulfide) groups is 1. The normalized spacial score (nSPS) is 16.0. The summed E-state index contributed by atoms with van der Waals surface area (Å²) in [5, 5.41) is 20.7. The number of aliphatic hydroxyl groups is 1. The molecule has 1 amide bonds. The first-order chi connectivity index (χ1) is 21.4. The van der Waals surface area contributed by atoms with Crippen LogP contribution in [0.4, 0.5) is 9.52 Å². The smallest absolute Gasteiger partial charge is 0.301 e. The van der Waals surface area contributed by atoms with Gasteiger partial charge in [-0.2, -0.15) is 0 Å². The number of ether oxygens (including phenoxy) is 1. The van der Waals surface area contributed by atoms with E-state index in [0.717, 1.165) is 22.5 Å². The van der Waals surface area contributed by atoms with Crippen LogP contribution >= 0.6 is 34.7 Å². The molecular formula is C33H23ClFN3O4S2. The average molecular weight is 644 g/mol. The predicted octanol–water partition coefficient (Wildman–Crippen LogP) is 7.83.